The molecule has 1 saturated carbocycles. The maximum Gasteiger partial charge on any atom is 0.262 e. The van der Waals surface area contributed by atoms with Crippen molar-refractivity contribution in [1.29, 1.82) is 0 Å². The Bertz CT molecular complexity index is 1310. The van der Waals surface area contributed by atoms with Crippen LogP contribution in [0.3, 0.4) is 0 Å². The third-order valence-corrected chi connectivity index (χ3v) is 7.46. The fourth-order valence-electron chi connectivity index (χ4n) is 4.79. The Morgan fingerprint density at radius 3 is 2.65 bits per heavy atom. The minimum Gasteiger partial charge on any atom is -0.320 e. The first-order valence-electron chi connectivity index (χ1n) is 11.1. The van der Waals surface area contributed by atoms with E-state index in [1.54, 1.807) is 16.3 Å². The molecule has 1 aromatic carbocycles. The molecule has 0 spiro atoms. The summed E-state index contributed by atoms with van der Waals surface area (Å²) in [5.74, 6) is 2.09. The highest BCUT2D eigenvalue weighted by molar-refractivity contribution is 7.98. The Morgan fingerprint density at radius 1 is 1.10 bits per heavy atom. The Morgan fingerprint density at radius 2 is 1.87 bits per heavy atom. The summed E-state index contributed by atoms with van der Waals surface area (Å²) >= 11 is 1.72. The van der Waals surface area contributed by atoms with Crippen LogP contribution in [0.5, 0.6) is 0 Å². The molecule has 0 saturated heterocycles. The lowest BCUT2D eigenvalue weighted by Gasteiger charge is -2.26. The van der Waals surface area contributed by atoms with Crippen molar-refractivity contribution in [1.82, 2.24) is 28.7 Å². The van der Waals surface area contributed by atoms with Gasteiger partial charge in [-0.05, 0) is 45.7 Å². The average Bonchev–Trinajstić information content (AvgIpc) is 3.34. The van der Waals surface area contributed by atoms with Crippen LogP contribution in [-0.4, -0.2) is 28.7 Å². The molecule has 0 bridgehead atoms. The number of thioether (sulfide) groups is 1. The first kappa shape index (κ1) is 20.3. The minimum atomic E-state index is -0.0173. The molecule has 8 heteroatoms. The molecule has 0 atom stereocenters. The highest BCUT2D eigenvalue weighted by Crippen LogP contribution is 2.35. The second-order valence-electron chi connectivity index (χ2n) is 8.33. The van der Waals surface area contributed by atoms with Crippen molar-refractivity contribution < 1.29 is 0 Å². The molecule has 1 aliphatic carbocycles. The third-order valence-electron chi connectivity index (χ3n) is 6.52. The maximum absolute atomic E-state index is 12.9. The van der Waals surface area contributed by atoms with E-state index < -0.39 is 0 Å². The monoisotopic (exact) mass is 436 g/mol. The fourth-order valence-corrected chi connectivity index (χ4v) is 5.86. The van der Waals surface area contributed by atoms with Crippen LogP contribution in [0.15, 0.2) is 34.2 Å². The molecule has 1 fully saturated rings. The Balaban J connectivity index is 1.55. The Hall–Kier alpha value is -2.61. The van der Waals surface area contributed by atoms with Gasteiger partial charge in [0.15, 0.2) is 5.16 Å². The summed E-state index contributed by atoms with van der Waals surface area (Å²) in [6.45, 7) is 6.80. The molecule has 31 heavy (non-hydrogen) atoms. The van der Waals surface area contributed by atoms with Gasteiger partial charge in [0.25, 0.3) is 5.56 Å². The van der Waals surface area contributed by atoms with E-state index in [0.29, 0.717) is 29.5 Å². The zero-order chi connectivity index (χ0) is 21.5. The van der Waals surface area contributed by atoms with Crippen molar-refractivity contribution in [3.63, 3.8) is 0 Å². The van der Waals surface area contributed by atoms with Crippen molar-refractivity contribution in [2.75, 3.05) is 0 Å². The molecule has 5 rings (SSSR count). The summed E-state index contributed by atoms with van der Waals surface area (Å²) in [6, 6.07) is 8.25. The molecule has 3 heterocycles. The van der Waals surface area contributed by atoms with Gasteiger partial charge in [-0.15, -0.1) is 10.2 Å². The first-order chi connectivity index (χ1) is 15.1. The molecule has 3 aromatic heterocycles. The predicted octanol–water partition coefficient (Wildman–Crippen LogP) is 4.67. The largest absolute Gasteiger partial charge is 0.320 e. The van der Waals surface area contributed by atoms with E-state index >= 15 is 0 Å². The standard InChI is InChI=1S/C23H28N6OS/c1-4-27-21(30)18-12-8-9-13-19(18)29-20(25-26-22(27)29)14-31-23-24-15(2)16(3)28(23)17-10-6-5-7-11-17/h8-9,12-13,17H,4-7,10-11,14H2,1-3H3. The second kappa shape index (κ2) is 8.15. The molecule has 0 N–H and O–H groups in total. The van der Waals surface area contributed by atoms with Crippen LogP contribution in [-0.2, 0) is 12.3 Å². The zero-order valence-electron chi connectivity index (χ0n) is 18.3. The molecule has 4 aromatic rings. The van der Waals surface area contributed by atoms with Crippen LogP contribution >= 0.6 is 11.8 Å². The summed E-state index contributed by atoms with van der Waals surface area (Å²) in [6.07, 6.45) is 6.38. The first-order valence-corrected chi connectivity index (χ1v) is 12.1. The number of rotatable bonds is 5. The molecular weight excluding hydrogens is 408 g/mol. The van der Waals surface area contributed by atoms with Crippen molar-refractivity contribution >= 4 is 28.4 Å². The molecule has 0 unspecified atom stereocenters. The lowest BCUT2D eigenvalue weighted by atomic mass is 9.95. The van der Waals surface area contributed by atoms with Crippen LogP contribution in [0.25, 0.3) is 16.7 Å². The molecule has 7 nitrogen and oxygen atoms in total. The Kier molecular flexibility index (Phi) is 5.33. The molecule has 1 aliphatic rings. The number of hydrogen-bond donors (Lipinski definition) is 0. The number of para-hydroxylation sites is 1. The quantitative estimate of drug-likeness (QED) is 0.425. The van der Waals surface area contributed by atoms with E-state index in [2.05, 4.69) is 28.6 Å². The van der Waals surface area contributed by atoms with Gasteiger partial charge < -0.3 is 4.57 Å². The lowest BCUT2D eigenvalue weighted by Crippen LogP contribution is -2.22. The third kappa shape index (κ3) is 3.37. The molecule has 162 valence electrons. The van der Waals surface area contributed by atoms with E-state index in [-0.39, 0.29) is 5.56 Å². The normalized spacial score (nSPS) is 15.3. The SMILES string of the molecule is CCn1c(=O)c2ccccc2n2c(CSc3nc(C)c(C)n3C3CCCCC3)nnc12. The van der Waals surface area contributed by atoms with Gasteiger partial charge >= 0.3 is 0 Å². The molecular formula is C23H28N6OS. The zero-order valence-corrected chi connectivity index (χ0v) is 19.2. The average molecular weight is 437 g/mol. The van der Waals surface area contributed by atoms with Gasteiger partial charge in [0.1, 0.15) is 5.82 Å². The number of aryl methyl sites for hydroxylation is 2. The minimum absolute atomic E-state index is 0.0173. The van der Waals surface area contributed by atoms with Gasteiger partial charge in [-0.3, -0.25) is 13.8 Å². The number of imidazole rings is 1. The predicted molar refractivity (Wildman–Crippen MR) is 124 cm³/mol. The highest BCUT2D eigenvalue weighted by Gasteiger charge is 2.23. The van der Waals surface area contributed by atoms with E-state index in [1.807, 2.05) is 35.6 Å². The van der Waals surface area contributed by atoms with E-state index in [1.165, 1.54) is 37.8 Å². The summed E-state index contributed by atoms with van der Waals surface area (Å²) < 4.78 is 6.17. The van der Waals surface area contributed by atoms with Crippen LogP contribution in [0.4, 0.5) is 0 Å². The molecule has 0 radical (unpaired) electrons. The van der Waals surface area contributed by atoms with Gasteiger partial charge in [-0.25, -0.2) is 4.98 Å². The van der Waals surface area contributed by atoms with Crippen LogP contribution in [0.2, 0.25) is 0 Å². The summed E-state index contributed by atoms with van der Waals surface area (Å²) in [7, 11) is 0. The topological polar surface area (TPSA) is 70.0 Å². The highest BCUT2D eigenvalue weighted by atomic mass is 32.2. The second-order valence-corrected chi connectivity index (χ2v) is 9.28. The van der Waals surface area contributed by atoms with Gasteiger partial charge in [-0.2, -0.15) is 0 Å². The number of hydrogen-bond acceptors (Lipinski definition) is 5. The van der Waals surface area contributed by atoms with Gasteiger partial charge in [0.05, 0.1) is 22.3 Å². The van der Waals surface area contributed by atoms with E-state index in [4.69, 9.17) is 4.98 Å². The Labute approximate surface area is 185 Å². The van der Waals surface area contributed by atoms with Gasteiger partial charge in [0.2, 0.25) is 5.78 Å². The van der Waals surface area contributed by atoms with Crippen LogP contribution in [0.1, 0.15) is 62.3 Å². The number of nitrogens with zero attached hydrogens (tertiary/aromatic N) is 6. The van der Waals surface area contributed by atoms with Crippen molar-refractivity contribution in [3.05, 3.63) is 51.8 Å². The van der Waals surface area contributed by atoms with Crippen molar-refractivity contribution in [3.8, 4) is 0 Å². The smallest absolute Gasteiger partial charge is 0.262 e. The maximum atomic E-state index is 12.9. The lowest BCUT2D eigenvalue weighted by molar-refractivity contribution is 0.332. The summed E-state index contributed by atoms with van der Waals surface area (Å²) in [5, 5.41) is 10.6. The van der Waals surface area contributed by atoms with Crippen molar-refractivity contribution in [2.24, 2.45) is 0 Å². The van der Waals surface area contributed by atoms with E-state index in [0.717, 1.165) is 22.2 Å². The summed E-state index contributed by atoms with van der Waals surface area (Å²) in [5.41, 5.74) is 3.21. The van der Waals surface area contributed by atoms with Crippen LogP contribution in [0, 0.1) is 13.8 Å². The summed E-state index contributed by atoms with van der Waals surface area (Å²) in [4.78, 5) is 17.8. The molecule has 0 amide bonds. The van der Waals surface area contributed by atoms with Crippen LogP contribution < -0.4 is 5.56 Å². The number of benzene rings is 1. The molecule has 0 aliphatic heterocycles. The number of fused-ring (bicyclic) bond motifs is 3. The van der Waals surface area contributed by atoms with Gasteiger partial charge in [-0.1, -0.05) is 43.2 Å². The van der Waals surface area contributed by atoms with Crippen molar-refractivity contribution in [2.45, 2.75) is 76.4 Å². The van der Waals surface area contributed by atoms with E-state index in [9.17, 15) is 4.79 Å². The fraction of sp³-hybridized carbons (Fsp3) is 0.478. The van der Waals surface area contributed by atoms with Gasteiger partial charge in [0, 0.05) is 18.3 Å². The number of aromatic nitrogens is 6.